The highest BCUT2D eigenvalue weighted by Gasteiger charge is 2.33. The van der Waals surface area contributed by atoms with Crippen LogP contribution in [0.5, 0.6) is 0 Å². The molecule has 2 N–H and O–H groups in total. The van der Waals surface area contributed by atoms with Crippen LogP contribution in [0.25, 0.3) is 0 Å². The number of rotatable bonds is 7. The molecule has 1 unspecified atom stereocenters. The molecule has 0 bridgehead atoms. The van der Waals surface area contributed by atoms with Crippen molar-refractivity contribution < 1.29 is 14.7 Å². The van der Waals surface area contributed by atoms with E-state index < -0.39 is 17.9 Å². The van der Waals surface area contributed by atoms with E-state index in [2.05, 4.69) is 5.32 Å². The fourth-order valence-corrected chi connectivity index (χ4v) is 3.98. The number of carboxylic acids is 1. The highest BCUT2D eigenvalue weighted by Crippen LogP contribution is 2.24. The summed E-state index contributed by atoms with van der Waals surface area (Å²) in [7, 11) is 0. The average Bonchev–Trinajstić information content (AvgIpc) is 3.18. The summed E-state index contributed by atoms with van der Waals surface area (Å²) in [5.74, 6) is -1.45. The quantitative estimate of drug-likeness (QED) is 0.712. The molecule has 148 valence electrons. The lowest BCUT2D eigenvalue weighted by atomic mass is 10.0. The number of nitrogens with zero attached hydrogens (tertiary/aromatic N) is 1. The van der Waals surface area contributed by atoms with Crippen LogP contribution in [-0.2, 0) is 11.2 Å². The van der Waals surface area contributed by atoms with Gasteiger partial charge in [0.05, 0.1) is 10.6 Å². The molecule has 1 saturated heterocycles. The zero-order valence-corrected chi connectivity index (χ0v) is 16.8. The Morgan fingerprint density at radius 1 is 1.18 bits per heavy atom. The van der Waals surface area contributed by atoms with Gasteiger partial charge in [0.15, 0.2) is 0 Å². The molecule has 1 aliphatic heterocycles. The van der Waals surface area contributed by atoms with Gasteiger partial charge < -0.3 is 15.3 Å². The number of benzene rings is 2. The number of halogens is 2. The molecule has 1 heterocycles. The fraction of sp³-hybridized carbons (Fsp3) is 0.333. The summed E-state index contributed by atoms with van der Waals surface area (Å²) in [5, 5.41) is 13.9. The van der Waals surface area contributed by atoms with Crippen LogP contribution in [0.4, 0.5) is 0 Å². The second-order valence-electron chi connectivity index (χ2n) is 6.92. The van der Waals surface area contributed by atoms with E-state index in [1.165, 1.54) is 11.0 Å². The van der Waals surface area contributed by atoms with Crippen LogP contribution in [0, 0.1) is 0 Å². The number of hydrogen-bond donors (Lipinski definition) is 2. The van der Waals surface area contributed by atoms with E-state index in [4.69, 9.17) is 23.2 Å². The van der Waals surface area contributed by atoms with Gasteiger partial charge in [-0.2, -0.15) is 0 Å². The molecule has 0 aromatic heterocycles. The van der Waals surface area contributed by atoms with Gasteiger partial charge in [0, 0.05) is 24.0 Å². The van der Waals surface area contributed by atoms with Crippen LogP contribution in [0.15, 0.2) is 48.5 Å². The van der Waals surface area contributed by atoms with Crippen LogP contribution < -0.4 is 5.32 Å². The van der Waals surface area contributed by atoms with E-state index in [1.54, 1.807) is 12.1 Å². The molecule has 7 heteroatoms. The predicted molar refractivity (Wildman–Crippen MR) is 110 cm³/mol. The van der Waals surface area contributed by atoms with Crippen LogP contribution in [0.1, 0.15) is 28.8 Å². The zero-order chi connectivity index (χ0) is 20.1. The highest BCUT2D eigenvalue weighted by molar-refractivity contribution is 6.36. The third-order valence-corrected chi connectivity index (χ3v) is 5.48. The van der Waals surface area contributed by atoms with Gasteiger partial charge in [0.1, 0.15) is 6.04 Å². The van der Waals surface area contributed by atoms with Crippen molar-refractivity contribution >= 4 is 35.1 Å². The van der Waals surface area contributed by atoms with Crippen molar-refractivity contribution in [1.29, 1.82) is 0 Å². The van der Waals surface area contributed by atoms with Gasteiger partial charge in [-0.1, -0.05) is 53.5 Å². The molecule has 2 aromatic rings. The van der Waals surface area contributed by atoms with Crippen LogP contribution in [0.2, 0.25) is 10.0 Å². The first-order chi connectivity index (χ1) is 13.5. The van der Waals surface area contributed by atoms with Crippen LogP contribution in [0.3, 0.4) is 0 Å². The van der Waals surface area contributed by atoms with E-state index in [0.717, 1.165) is 24.9 Å². The molecule has 1 fully saturated rings. The second-order valence-corrected chi connectivity index (χ2v) is 7.76. The number of carboxylic acid groups (broad SMARTS) is 1. The molecule has 2 atom stereocenters. The SMILES string of the molecule is O=C(O)[C@H](Cc1ccccc1)N(CC1CCCN1)C(=O)c1ccc(Cl)cc1Cl. The smallest absolute Gasteiger partial charge is 0.326 e. The lowest BCUT2D eigenvalue weighted by Crippen LogP contribution is -2.51. The molecule has 1 amide bonds. The van der Waals surface area contributed by atoms with Crippen molar-refractivity contribution in [3.05, 3.63) is 69.7 Å². The molecular formula is C21H22Cl2N2O3. The number of nitrogens with one attached hydrogen (secondary N) is 1. The van der Waals surface area contributed by atoms with Crippen LogP contribution in [-0.4, -0.2) is 47.1 Å². The first-order valence-electron chi connectivity index (χ1n) is 9.22. The van der Waals surface area contributed by atoms with Gasteiger partial charge in [0.2, 0.25) is 0 Å². The minimum atomic E-state index is -1.04. The Bertz CT molecular complexity index is 839. The summed E-state index contributed by atoms with van der Waals surface area (Å²) >= 11 is 12.2. The topological polar surface area (TPSA) is 69.6 Å². The van der Waals surface area contributed by atoms with Gasteiger partial charge in [-0.05, 0) is 43.1 Å². The van der Waals surface area contributed by atoms with Gasteiger partial charge in [-0.15, -0.1) is 0 Å². The first-order valence-corrected chi connectivity index (χ1v) is 9.97. The van der Waals surface area contributed by atoms with Gasteiger partial charge in [-0.3, -0.25) is 4.79 Å². The standard InChI is InChI=1S/C21H22Cl2N2O3/c22-15-8-9-17(18(23)12-15)20(26)25(13-16-7-4-10-24-16)19(21(27)28)11-14-5-2-1-3-6-14/h1-3,5-6,8-9,12,16,19,24H,4,7,10-11,13H2,(H,27,28)/t16?,19-/m0/s1. The molecule has 3 rings (SSSR count). The average molecular weight is 421 g/mol. The molecule has 0 radical (unpaired) electrons. The first kappa shape index (κ1) is 20.6. The molecule has 0 saturated carbocycles. The Kier molecular flexibility index (Phi) is 6.94. The van der Waals surface area contributed by atoms with E-state index in [9.17, 15) is 14.7 Å². The maximum atomic E-state index is 13.3. The Morgan fingerprint density at radius 3 is 2.54 bits per heavy atom. The van der Waals surface area contributed by atoms with Crippen molar-refractivity contribution in [2.24, 2.45) is 0 Å². The Morgan fingerprint density at radius 2 is 1.93 bits per heavy atom. The molecule has 1 aliphatic rings. The lowest BCUT2D eigenvalue weighted by Gasteiger charge is -2.32. The molecule has 28 heavy (non-hydrogen) atoms. The molecule has 5 nitrogen and oxygen atoms in total. The summed E-state index contributed by atoms with van der Waals surface area (Å²) in [6.07, 6.45) is 2.13. The summed E-state index contributed by atoms with van der Waals surface area (Å²) in [6.45, 7) is 1.17. The van der Waals surface area contributed by atoms with Gasteiger partial charge in [-0.25, -0.2) is 4.79 Å². The van der Waals surface area contributed by atoms with E-state index >= 15 is 0 Å². The van der Waals surface area contributed by atoms with Crippen LogP contribution >= 0.6 is 23.2 Å². The van der Waals surface area contributed by atoms with E-state index in [0.29, 0.717) is 11.6 Å². The third kappa shape index (κ3) is 5.04. The zero-order valence-electron chi connectivity index (χ0n) is 15.3. The largest absolute Gasteiger partial charge is 0.480 e. The number of hydrogen-bond acceptors (Lipinski definition) is 3. The molecule has 0 spiro atoms. The normalized spacial score (nSPS) is 17.3. The molecule has 0 aliphatic carbocycles. The second kappa shape index (κ2) is 9.41. The van der Waals surface area contributed by atoms with E-state index in [1.807, 2.05) is 30.3 Å². The van der Waals surface area contributed by atoms with Crippen molar-refractivity contribution in [2.45, 2.75) is 31.3 Å². The summed E-state index contributed by atoms with van der Waals surface area (Å²) in [4.78, 5) is 26.9. The Labute approximate surface area is 174 Å². The number of carbonyl (C=O) groups is 2. The Hall–Kier alpha value is -2.08. The monoisotopic (exact) mass is 420 g/mol. The summed E-state index contributed by atoms with van der Waals surface area (Å²) in [6, 6.07) is 13.0. The van der Waals surface area contributed by atoms with Crippen molar-refractivity contribution in [2.75, 3.05) is 13.1 Å². The number of amides is 1. The third-order valence-electron chi connectivity index (χ3n) is 4.94. The maximum Gasteiger partial charge on any atom is 0.326 e. The van der Waals surface area contributed by atoms with Gasteiger partial charge >= 0.3 is 5.97 Å². The molecule has 2 aromatic carbocycles. The highest BCUT2D eigenvalue weighted by atomic mass is 35.5. The number of carbonyl (C=O) groups excluding carboxylic acids is 1. The number of aliphatic carboxylic acids is 1. The minimum absolute atomic E-state index is 0.0626. The van der Waals surface area contributed by atoms with Crippen molar-refractivity contribution in [3.63, 3.8) is 0 Å². The fourth-order valence-electron chi connectivity index (χ4n) is 3.49. The van der Waals surface area contributed by atoms with Crippen molar-refractivity contribution in [1.82, 2.24) is 10.2 Å². The predicted octanol–water partition coefficient (Wildman–Crippen LogP) is 3.88. The summed E-state index contributed by atoms with van der Waals surface area (Å²) < 4.78 is 0. The van der Waals surface area contributed by atoms with Gasteiger partial charge in [0.25, 0.3) is 5.91 Å². The Balaban J connectivity index is 1.93. The van der Waals surface area contributed by atoms with Crippen molar-refractivity contribution in [3.8, 4) is 0 Å². The summed E-state index contributed by atoms with van der Waals surface area (Å²) in [5.41, 5.74) is 1.11. The van der Waals surface area contributed by atoms with E-state index in [-0.39, 0.29) is 23.0 Å². The minimum Gasteiger partial charge on any atom is -0.480 e. The molecular weight excluding hydrogens is 399 g/mol. The maximum absolute atomic E-state index is 13.3. The lowest BCUT2D eigenvalue weighted by molar-refractivity contribution is -0.142.